The highest BCUT2D eigenvalue weighted by atomic mass is 14.8. The topological polar surface area (TPSA) is 12.0 Å². The summed E-state index contributed by atoms with van der Waals surface area (Å²) in [7, 11) is 0. The van der Waals surface area contributed by atoms with Crippen LogP contribution in [0.2, 0.25) is 0 Å². The van der Waals surface area contributed by atoms with E-state index in [1.165, 1.54) is 44.1 Å². The van der Waals surface area contributed by atoms with Gasteiger partial charge in [-0.05, 0) is 44.2 Å². The third-order valence-electron chi connectivity index (χ3n) is 3.62. The zero-order valence-corrected chi connectivity index (χ0v) is 11.8. The van der Waals surface area contributed by atoms with E-state index in [0.29, 0.717) is 0 Å². The summed E-state index contributed by atoms with van der Waals surface area (Å²) < 4.78 is 0. The molecule has 0 radical (unpaired) electrons. The fourth-order valence-electron chi connectivity index (χ4n) is 2.47. The standard InChI is InChI=1S/C18H25N/c1-4-10-17(11-5-1)12-8-3-9-15-19-16-18-13-6-2-7-14-18/h1-2,4,6-7,10,13-14,19H,3,5,8-9,11-12,15-16H2. The smallest absolute Gasteiger partial charge is 0.0205 e. The zero-order chi connectivity index (χ0) is 13.2. The highest BCUT2D eigenvalue weighted by molar-refractivity contribution is 5.17. The Morgan fingerprint density at radius 1 is 1.00 bits per heavy atom. The Labute approximate surface area is 117 Å². The Hall–Kier alpha value is -1.34. The van der Waals surface area contributed by atoms with Crippen molar-refractivity contribution in [2.45, 2.75) is 45.1 Å². The number of hydrogen-bond donors (Lipinski definition) is 1. The Balaban J connectivity index is 1.46. The van der Waals surface area contributed by atoms with E-state index in [4.69, 9.17) is 0 Å². The summed E-state index contributed by atoms with van der Waals surface area (Å²) in [6.45, 7) is 2.13. The molecule has 0 spiro atoms. The highest BCUT2D eigenvalue weighted by Crippen LogP contribution is 2.18. The maximum Gasteiger partial charge on any atom is 0.0205 e. The summed E-state index contributed by atoms with van der Waals surface area (Å²) in [4.78, 5) is 0. The van der Waals surface area contributed by atoms with Crippen molar-refractivity contribution >= 4 is 0 Å². The van der Waals surface area contributed by atoms with Crippen LogP contribution in [0.5, 0.6) is 0 Å². The van der Waals surface area contributed by atoms with Gasteiger partial charge in [0.2, 0.25) is 0 Å². The van der Waals surface area contributed by atoms with Crippen LogP contribution in [0.4, 0.5) is 0 Å². The molecule has 19 heavy (non-hydrogen) atoms. The van der Waals surface area contributed by atoms with E-state index in [1.54, 1.807) is 5.57 Å². The van der Waals surface area contributed by atoms with Crippen molar-refractivity contribution < 1.29 is 0 Å². The van der Waals surface area contributed by atoms with Gasteiger partial charge in [-0.3, -0.25) is 0 Å². The molecule has 1 aromatic carbocycles. The third-order valence-corrected chi connectivity index (χ3v) is 3.62. The molecule has 0 bridgehead atoms. The Morgan fingerprint density at radius 2 is 1.89 bits per heavy atom. The monoisotopic (exact) mass is 255 g/mol. The van der Waals surface area contributed by atoms with Gasteiger partial charge in [0.1, 0.15) is 0 Å². The van der Waals surface area contributed by atoms with Crippen molar-refractivity contribution in [3.8, 4) is 0 Å². The molecule has 0 fully saturated rings. The molecule has 2 rings (SSSR count). The molecule has 1 aromatic rings. The van der Waals surface area contributed by atoms with Crippen LogP contribution in [0, 0.1) is 0 Å². The average Bonchev–Trinajstić information content (AvgIpc) is 2.48. The van der Waals surface area contributed by atoms with Gasteiger partial charge >= 0.3 is 0 Å². The Bertz CT molecular complexity index is 403. The molecule has 0 saturated carbocycles. The SMILES string of the molecule is C1=CCCC(CCCCCNCc2ccccc2)=C1. The predicted molar refractivity (Wildman–Crippen MR) is 83.1 cm³/mol. The molecule has 1 aliphatic carbocycles. The summed E-state index contributed by atoms with van der Waals surface area (Å²) in [6.07, 6.45) is 14.6. The highest BCUT2D eigenvalue weighted by Gasteiger charge is 1.99. The second-order valence-corrected chi connectivity index (χ2v) is 5.26. The predicted octanol–water partition coefficient (Wildman–Crippen LogP) is 4.61. The largest absolute Gasteiger partial charge is 0.313 e. The fourth-order valence-corrected chi connectivity index (χ4v) is 2.47. The molecule has 102 valence electrons. The van der Waals surface area contributed by atoms with E-state index >= 15 is 0 Å². The molecule has 0 unspecified atom stereocenters. The minimum atomic E-state index is 0.997. The maximum absolute atomic E-state index is 3.51. The lowest BCUT2D eigenvalue weighted by Gasteiger charge is -2.09. The van der Waals surface area contributed by atoms with E-state index in [2.05, 4.69) is 53.9 Å². The van der Waals surface area contributed by atoms with Crippen LogP contribution in [0.15, 0.2) is 54.1 Å². The van der Waals surface area contributed by atoms with E-state index in [1.807, 2.05) is 0 Å². The summed E-state index contributed by atoms with van der Waals surface area (Å²) >= 11 is 0. The molecule has 0 heterocycles. The molecule has 0 amide bonds. The molecule has 1 nitrogen and oxygen atoms in total. The summed E-state index contributed by atoms with van der Waals surface area (Å²) in [5, 5.41) is 3.51. The zero-order valence-electron chi connectivity index (χ0n) is 11.8. The van der Waals surface area contributed by atoms with E-state index in [0.717, 1.165) is 13.1 Å². The first kappa shape index (κ1) is 14.1. The van der Waals surface area contributed by atoms with Crippen molar-refractivity contribution in [3.63, 3.8) is 0 Å². The van der Waals surface area contributed by atoms with Crippen molar-refractivity contribution in [1.82, 2.24) is 5.32 Å². The van der Waals surface area contributed by atoms with E-state index in [9.17, 15) is 0 Å². The average molecular weight is 255 g/mol. The number of hydrogen-bond acceptors (Lipinski definition) is 1. The van der Waals surface area contributed by atoms with Crippen molar-refractivity contribution in [1.29, 1.82) is 0 Å². The van der Waals surface area contributed by atoms with Crippen LogP contribution in [-0.4, -0.2) is 6.54 Å². The molecule has 1 N–H and O–H groups in total. The molecule has 0 aromatic heterocycles. The molecule has 1 heteroatoms. The van der Waals surface area contributed by atoms with Crippen molar-refractivity contribution in [3.05, 3.63) is 59.7 Å². The normalized spacial score (nSPS) is 14.4. The molecule has 0 saturated heterocycles. The van der Waals surface area contributed by atoms with Gasteiger partial charge in [0.05, 0.1) is 0 Å². The number of unbranched alkanes of at least 4 members (excludes halogenated alkanes) is 2. The summed E-state index contributed by atoms with van der Waals surface area (Å²) in [5.74, 6) is 0. The van der Waals surface area contributed by atoms with Crippen LogP contribution >= 0.6 is 0 Å². The number of rotatable bonds is 8. The van der Waals surface area contributed by atoms with Gasteiger partial charge in [-0.2, -0.15) is 0 Å². The minimum Gasteiger partial charge on any atom is -0.313 e. The molecular weight excluding hydrogens is 230 g/mol. The number of allylic oxidation sites excluding steroid dienone is 4. The Morgan fingerprint density at radius 3 is 2.68 bits per heavy atom. The second-order valence-electron chi connectivity index (χ2n) is 5.26. The number of benzene rings is 1. The summed E-state index contributed by atoms with van der Waals surface area (Å²) in [6, 6.07) is 10.6. The van der Waals surface area contributed by atoms with Gasteiger partial charge in [0.25, 0.3) is 0 Å². The molecule has 0 atom stereocenters. The van der Waals surface area contributed by atoms with Gasteiger partial charge in [0, 0.05) is 6.54 Å². The molecule has 1 aliphatic rings. The van der Waals surface area contributed by atoms with Gasteiger partial charge in [-0.25, -0.2) is 0 Å². The quantitative estimate of drug-likeness (QED) is 0.669. The first-order valence-corrected chi connectivity index (χ1v) is 7.54. The summed E-state index contributed by atoms with van der Waals surface area (Å²) in [5.41, 5.74) is 3.02. The van der Waals surface area contributed by atoms with Crippen LogP contribution in [0.1, 0.15) is 44.1 Å². The maximum atomic E-state index is 3.51. The van der Waals surface area contributed by atoms with Crippen LogP contribution in [0.3, 0.4) is 0 Å². The van der Waals surface area contributed by atoms with Gasteiger partial charge < -0.3 is 5.32 Å². The van der Waals surface area contributed by atoms with Gasteiger partial charge in [-0.1, -0.05) is 60.6 Å². The van der Waals surface area contributed by atoms with Crippen molar-refractivity contribution in [2.24, 2.45) is 0 Å². The fraction of sp³-hybridized carbons (Fsp3) is 0.444. The van der Waals surface area contributed by atoms with Crippen LogP contribution in [-0.2, 0) is 6.54 Å². The van der Waals surface area contributed by atoms with E-state index < -0.39 is 0 Å². The van der Waals surface area contributed by atoms with Crippen LogP contribution < -0.4 is 5.32 Å². The van der Waals surface area contributed by atoms with Crippen LogP contribution in [0.25, 0.3) is 0 Å². The minimum absolute atomic E-state index is 0.997. The lowest BCUT2D eigenvalue weighted by Crippen LogP contribution is -2.14. The lowest BCUT2D eigenvalue weighted by atomic mass is 9.99. The van der Waals surface area contributed by atoms with Crippen molar-refractivity contribution in [2.75, 3.05) is 6.54 Å². The second kappa shape index (κ2) is 8.71. The lowest BCUT2D eigenvalue weighted by molar-refractivity contribution is 0.598. The number of nitrogens with one attached hydrogen (secondary N) is 1. The third kappa shape index (κ3) is 5.89. The molecular formula is C18H25N. The van der Waals surface area contributed by atoms with Gasteiger partial charge in [-0.15, -0.1) is 0 Å². The Kier molecular flexibility index (Phi) is 6.45. The first-order valence-electron chi connectivity index (χ1n) is 7.54. The molecule has 0 aliphatic heterocycles. The van der Waals surface area contributed by atoms with Gasteiger partial charge in [0.15, 0.2) is 0 Å². The van der Waals surface area contributed by atoms with E-state index in [-0.39, 0.29) is 0 Å². The first-order chi connectivity index (χ1) is 9.45.